The Morgan fingerprint density at radius 2 is 2.04 bits per heavy atom. The standard InChI is InChI=1S/C19H14N6OS/c1-25-9-20-13-5-3-12(8-16(13)25)22-19-23-15(18(26)24-19)6-11-2-4-14-17(7-11)27-10-21-14/h2-10H,1H3,(H2,22,23,24,26)/b15-6-. The largest absolute Gasteiger partial charge is 0.334 e. The first-order valence-corrected chi connectivity index (χ1v) is 9.17. The van der Waals surface area contributed by atoms with Gasteiger partial charge >= 0.3 is 0 Å². The molecular formula is C19H14N6OS. The quantitative estimate of drug-likeness (QED) is 0.528. The summed E-state index contributed by atoms with van der Waals surface area (Å²) in [4.78, 5) is 25.2. The average molecular weight is 374 g/mol. The van der Waals surface area contributed by atoms with E-state index in [1.807, 2.05) is 53.5 Å². The third kappa shape index (κ3) is 2.85. The van der Waals surface area contributed by atoms with Gasteiger partial charge in [0.05, 0.1) is 33.1 Å². The van der Waals surface area contributed by atoms with Crippen LogP contribution in [0.4, 0.5) is 5.69 Å². The molecule has 1 aliphatic rings. The summed E-state index contributed by atoms with van der Waals surface area (Å²) >= 11 is 1.57. The SMILES string of the molecule is Cn1cnc2ccc(NC3=N/C(=C\c4ccc5ncsc5c4)C(=O)N3)cc21. The molecule has 3 heterocycles. The van der Waals surface area contributed by atoms with Gasteiger partial charge in [-0.05, 0) is 42.0 Å². The number of thiazole rings is 1. The Hall–Kier alpha value is -3.52. The Balaban J connectivity index is 1.43. The van der Waals surface area contributed by atoms with Crippen LogP contribution in [0.2, 0.25) is 0 Å². The smallest absolute Gasteiger partial charge is 0.276 e. The predicted molar refractivity (Wildman–Crippen MR) is 108 cm³/mol. The molecule has 0 aliphatic carbocycles. The van der Waals surface area contributed by atoms with Crippen molar-refractivity contribution in [2.75, 3.05) is 5.32 Å². The van der Waals surface area contributed by atoms with Gasteiger partial charge in [0, 0.05) is 12.7 Å². The number of rotatable bonds is 2. The van der Waals surface area contributed by atoms with Crippen LogP contribution in [0.5, 0.6) is 0 Å². The number of carbonyl (C=O) groups is 1. The molecule has 7 nitrogen and oxygen atoms in total. The van der Waals surface area contributed by atoms with Gasteiger partial charge in [0.15, 0.2) is 0 Å². The number of nitrogens with one attached hydrogen (secondary N) is 2. The van der Waals surface area contributed by atoms with Crippen molar-refractivity contribution in [3.63, 3.8) is 0 Å². The molecule has 8 heteroatoms. The molecule has 132 valence electrons. The molecule has 2 N–H and O–H groups in total. The molecule has 0 atom stereocenters. The van der Waals surface area contributed by atoms with Crippen molar-refractivity contribution in [3.8, 4) is 0 Å². The van der Waals surface area contributed by atoms with Crippen molar-refractivity contribution >= 4 is 56.2 Å². The molecule has 0 spiro atoms. The van der Waals surface area contributed by atoms with Gasteiger partial charge in [-0.2, -0.15) is 0 Å². The normalized spacial score (nSPS) is 15.5. The number of guanidine groups is 1. The van der Waals surface area contributed by atoms with Crippen LogP contribution in [0.25, 0.3) is 27.3 Å². The number of aliphatic imine (C=N–C) groups is 1. The number of hydrogen-bond acceptors (Lipinski definition) is 6. The minimum Gasteiger partial charge on any atom is -0.334 e. The number of fused-ring (bicyclic) bond motifs is 2. The van der Waals surface area contributed by atoms with E-state index >= 15 is 0 Å². The van der Waals surface area contributed by atoms with E-state index in [2.05, 4.69) is 25.6 Å². The van der Waals surface area contributed by atoms with E-state index in [1.165, 1.54) is 0 Å². The predicted octanol–water partition coefficient (Wildman–Crippen LogP) is 3.12. The van der Waals surface area contributed by atoms with Gasteiger partial charge < -0.3 is 9.88 Å². The minimum absolute atomic E-state index is 0.233. The molecule has 0 saturated carbocycles. The maximum atomic E-state index is 12.3. The first kappa shape index (κ1) is 15.7. The molecule has 27 heavy (non-hydrogen) atoms. The van der Waals surface area contributed by atoms with Crippen LogP contribution >= 0.6 is 11.3 Å². The van der Waals surface area contributed by atoms with Crippen LogP contribution in [0.3, 0.4) is 0 Å². The van der Waals surface area contributed by atoms with Crippen LogP contribution in [-0.2, 0) is 11.8 Å². The van der Waals surface area contributed by atoms with Crippen molar-refractivity contribution in [2.45, 2.75) is 0 Å². The zero-order valence-electron chi connectivity index (χ0n) is 14.3. The summed E-state index contributed by atoms with van der Waals surface area (Å²) in [6.07, 6.45) is 3.54. The number of aromatic nitrogens is 3. The highest BCUT2D eigenvalue weighted by atomic mass is 32.1. The zero-order valence-corrected chi connectivity index (χ0v) is 15.1. The van der Waals surface area contributed by atoms with Gasteiger partial charge in [0.2, 0.25) is 5.96 Å². The second kappa shape index (κ2) is 6.03. The monoisotopic (exact) mass is 374 g/mol. The number of hydrogen-bond donors (Lipinski definition) is 2. The molecular weight excluding hydrogens is 360 g/mol. The molecule has 5 rings (SSSR count). The number of amides is 1. The number of aryl methyl sites for hydroxylation is 1. The minimum atomic E-state index is -0.233. The fraction of sp³-hybridized carbons (Fsp3) is 0.0526. The number of benzene rings is 2. The Morgan fingerprint density at radius 3 is 2.96 bits per heavy atom. The summed E-state index contributed by atoms with van der Waals surface area (Å²) in [5.41, 5.74) is 6.79. The topological polar surface area (TPSA) is 84.2 Å². The Kier molecular flexibility index (Phi) is 3.51. The summed E-state index contributed by atoms with van der Waals surface area (Å²) < 4.78 is 3.02. The fourth-order valence-corrected chi connectivity index (χ4v) is 3.71. The van der Waals surface area contributed by atoms with Gasteiger partial charge in [-0.3, -0.25) is 10.1 Å². The molecule has 0 saturated heterocycles. The third-order valence-electron chi connectivity index (χ3n) is 4.34. The Bertz CT molecular complexity index is 1270. The van der Waals surface area contributed by atoms with Crippen molar-refractivity contribution in [1.29, 1.82) is 0 Å². The summed E-state index contributed by atoms with van der Waals surface area (Å²) in [7, 11) is 1.94. The van der Waals surface area contributed by atoms with Crippen LogP contribution < -0.4 is 10.6 Å². The van der Waals surface area contributed by atoms with Crippen molar-refractivity contribution in [1.82, 2.24) is 19.9 Å². The van der Waals surface area contributed by atoms with E-state index in [0.29, 0.717) is 11.7 Å². The van der Waals surface area contributed by atoms with E-state index < -0.39 is 0 Å². The van der Waals surface area contributed by atoms with E-state index in [4.69, 9.17) is 0 Å². The lowest BCUT2D eigenvalue weighted by molar-refractivity contribution is -0.115. The summed E-state index contributed by atoms with van der Waals surface area (Å²) in [5.74, 6) is 0.176. The highest BCUT2D eigenvalue weighted by Gasteiger charge is 2.20. The lowest BCUT2D eigenvalue weighted by Crippen LogP contribution is -2.29. The highest BCUT2D eigenvalue weighted by Crippen LogP contribution is 2.22. The van der Waals surface area contributed by atoms with Gasteiger partial charge in [-0.15, -0.1) is 11.3 Å². The van der Waals surface area contributed by atoms with Gasteiger partial charge in [-0.1, -0.05) is 6.07 Å². The maximum Gasteiger partial charge on any atom is 0.276 e. The molecule has 0 fully saturated rings. The number of anilines is 1. The Morgan fingerprint density at radius 1 is 1.15 bits per heavy atom. The summed E-state index contributed by atoms with van der Waals surface area (Å²) in [6, 6.07) is 11.7. The van der Waals surface area contributed by atoms with Crippen molar-refractivity contribution in [3.05, 3.63) is 59.5 Å². The average Bonchev–Trinajstić information content (AvgIpc) is 3.35. The van der Waals surface area contributed by atoms with E-state index in [0.717, 1.165) is 32.5 Å². The number of nitrogens with zero attached hydrogens (tertiary/aromatic N) is 4. The van der Waals surface area contributed by atoms with Crippen molar-refractivity contribution < 1.29 is 4.79 Å². The Labute approximate surface area is 158 Å². The second-order valence-corrected chi connectivity index (χ2v) is 7.09. The van der Waals surface area contributed by atoms with E-state index in [-0.39, 0.29) is 5.91 Å². The molecule has 4 aromatic rings. The molecule has 0 unspecified atom stereocenters. The summed E-state index contributed by atoms with van der Waals surface area (Å²) in [6.45, 7) is 0. The van der Waals surface area contributed by atoms with Crippen LogP contribution in [0.1, 0.15) is 5.56 Å². The van der Waals surface area contributed by atoms with Crippen molar-refractivity contribution in [2.24, 2.45) is 12.0 Å². The highest BCUT2D eigenvalue weighted by molar-refractivity contribution is 7.16. The van der Waals surface area contributed by atoms with E-state index in [9.17, 15) is 4.79 Å². The fourth-order valence-electron chi connectivity index (χ4n) is 2.99. The molecule has 1 amide bonds. The molecule has 0 bridgehead atoms. The molecule has 1 aliphatic heterocycles. The number of imidazole rings is 1. The first-order valence-electron chi connectivity index (χ1n) is 8.29. The van der Waals surface area contributed by atoms with Gasteiger partial charge in [0.25, 0.3) is 5.91 Å². The molecule has 0 radical (unpaired) electrons. The van der Waals surface area contributed by atoms with Crippen LogP contribution in [0.15, 0.2) is 58.9 Å². The lowest BCUT2D eigenvalue weighted by Gasteiger charge is -2.05. The molecule has 2 aromatic heterocycles. The van der Waals surface area contributed by atoms with Crippen LogP contribution in [-0.4, -0.2) is 26.4 Å². The lowest BCUT2D eigenvalue weighted by atomic mass is 10.2. The first-order chi connectivity index (χ1) is 13.2. The second-order valence-electron chi connectivity index (χ2n) is 6.21. The number of carbonyl (C=O) groups excluding carboxylic acids is 1. The van der Waals surface area contributed by atoms with E-state index in [1.54, 1.807) is 23.7 Å². The van der Waals surface area contributed by atoms with Gasteiger partial charge in [-0.25, -0.2) is 15.0 Å². The maximum absolute atomic E-state index is 12.3. The summed E-state index contributed by atoms with van der Waals surface area (Å²) in [5, 5.41) is 5.91. The third-order valence-corrected chi connectivity index (χ3v) is 5.14. The van der Waals surface area contributed by atoms with Crippen LogP contribution in [0, 0.1) is 0 Å². The van der Waals surface area contributed by atoms with Gasteiger partial charge in [0.1, 0.15) is 5.70 Å². The molecule has 2 aromatic carbocycles. The zero-order chi connectivity index (χ0) is 18.4.